The van der Waals surface area contributed by atoms with Crippen LogP contribution < -0.4 is 0 Å². The number of rotatable bonds is 7. The summed E-state index contributed by atoms with van der Waals surface area (Å²) in [4.78, 5) is 13.1. The van der Waals surface area contributed by atoms with Crippen molar-refractivity contribution in [3.63, 3.8) is 0 Å². The van der Waals surface area contributed by atoms with E-state index in [2.05, 4.69) is 13.2 Å². The van der Waals surface area contributed by atoms with Gasteiger partial charge in [0.2, 0.25) is 0 Å². The number of nitrogens with zero attached hydrogens (tertiary/aromatic N) is 1. The number of hydrogen-bond donors (Lipinski definition) is 1. The largest absolute Gasteiger partial charge is 0.481 e. The molecule has 0 spiro atoms. The quantitative estimate of drug-likeness (QED) is 0.292. The van der Waals surface area contributed by atoms with Crippen LogP contribution in [0.15, 0.2) is 66.8 Å². The molecule has 3 nitrogen and oxygen atoms in total. The lowest BCUT2D eigenvalue weighted by Gasteiger charge is -2.45. The molecule has 1 aliphatic heterocycles. The molecule has 0 amide bonds. The van der Waals surface area contributed by atoms with Gasteiger partial charge in [0, 0.05) is 18.0 Å². The van der Waals surface area contributed by atoms with Gasteiger partial charge >= 0.3 is 18.3 Å². The fraction of sp³-hybridized carbons (Fsp3) is 0.370. The predicted octanol–water partition coefficient (Wildman–Crippen LogP) is 7.96. The molecule has 1 aliphatic rings. The van der Waals surface area contributed by atoms with Gasteiger partial charge < -0.3 is 5.11 Å². The van der Waals surface area contributed by atoms with E-state index in [9.17, 15) is 36.2 Å². The first-order valence-corrected chi connectivity index (χ1v) is 11.5. The monoisotopic (exact) mass is 529 g/mol. The van der Waals surface area contributed by atoms with E-state index in [1.165, 1.54) is 12.1 Å². The number of carboxylic acid groups (broad SMARTS) is 1. The number of alkyl halides is 6. The maximum Gasteiger partial charge on any atom is 0.416 e. The Balaban J connectivity index is 2.11. The summed E-state index contributed by atoms with van der Waals surface area (Å²) in [5.41, 5.74) is -0.715. The van der Waals surface area contributed by atoms with Crippen molar-refractivity contribution in [3.8, 4) is 0 Å². The van der Waals surface area contributed by atoms with Crippen molar-refractivity contribution < 1.29 is 40.6 Å². The van der Waals surface area contributed by atoms with Gasteiger partial charge in [0.05, 0.1) is 17.2 Å². The Kier molecular flexibility index (Phi) is 8.21. The van der Waals surface area contributed by atoms with Crippen molar-refractivity contribution >= 4 is 5.97 Å². The smallest absolute Gasteiger partial charge is 0.416 e. The summed E-state index contributed by atoms with van der Waals surface area (Å²) in [5.74, 6) is -2.55. The van der Waals surface area contributed by atoms with Crippen LogP contribution in [-0.2, 0) is 17.1 Å². The van der Waals surface area contributed by atoms with Crippen LogP contribution in [0.1, 0.15) is 60.5 Å². The van der Waals surface area contributed by atoms with Crippen molar-refractivity contribution in [1.29, 1.82) is 0 Å². The van der Waals surface area contributed by atoms with E-state index in [4.69, 9.17) is 0 Å². The van der Waals surface area contributed by atoms with Crippen LogP contribution >= 0.6 is 0 Å². The van der Waals surface area contributed by atoms with Gasteiger partial charge in [0.1, 0.15) is 5.82 Å². The van der Waals surface area contributed by atoms with Gasteiger partial charge in [0.25, 0.3) is 0 Å². The molecular formula is C27H26F7NO2. The molecule has 37 heavy (non-hydrogen) atoms. The number of carboxylic acids is 1. The van der Waals surface area contributed by atoms with Crippen LogP contribution in [0.4, 0.5) is 30.7 Å². The first kappa shape index (κ1) is 28.4. The van der Waals surface area contributed by atoms with E-state index in [-0.39, 0.29) is 30.9 Å². The van der Waals surface area contributed by atoms with Crippen LogP contribution in [0.5, 0.6) is 0 Å². The minimum atomic E-state index is -4.76. The number of aliphatic carboxylic acids is 1. The highest BCUT2D eigenvalue weighted by Gasteiger charge is 2.39. The summed E-state index contributed by atoms with van der Waals surface area (Å²) in [5, 5.41) is 9.28. The molecule has 3 atom stereocenters. The highest BCUT2D eigenvalue weighted by atomic mass is 19.4. The topological polar surface area (TPSA) is 40.5 Å². The minimum Gasteiger partial charge on any atom is -0.481 e. The molecule has 1 fully saturated rings. The molecule has 0 radical (unpaired) electrons. The Morgan fingerprint density at radius 2 is 1.59 bits per heavy atom. The average molecular weight is 529 g/mol. The van der Waals surface area contributed by atoms with Crippen LogP contribution in [0.25, 0.3) is 0 Å². The lowest BCUT2D eigenvalue weighted by Crippen LogP contribution is -2.41. The van der Waals surface area contributed by atoms with E-state index in [1.54, 1.807) is 11.8 Å². The molecule has 0 bridgehead atoms. The van der Waals surface area contributed by atoms with Crippen molar-refractivity contribution in [1.82, 2.24) is 4.90 Å². The summed E-state index contributed by atoms with van der Waals surface area (Å²) in [6, 6.07) is 4.97. The Bertz CT molecular complexity index is 1170. The minimum absolute atomic E-state index is 0.0606. The number of halogens is 7. The highest BCUT2D eigenvalue weighted by molar-refractivity contribution is 5.67. The molecule has 200 valence electrons. The van der Waals surface area contributed by atoms with Gasteiger partial charge in [0.15, 0.2) is 0 Å². The Morgan fingerprint density at radius 1 is 1.03 bits per heavy atom. The molecule has 3 rings (SSSR count). The van der Waals surface area contributed by atoms with Crippen molar-refractivity contribution in [2.45, 2.75) is 50.6 Å². The lowest BCUT2D eigenvalue weighted by atomic mass is 9.81. The number of hydrogen-bond acceptors (Lipinski definition) is 2. The normalized spacial score (nSPS) is 19.9. The summed E-state index contributed by atoms with van der Waals surface area (Å²) in [6.45, 7) is 9.79. The molecule has 1 heterocycles. The maximum atomic E-state index is 15.1. The van der Waals surface area contributed by atoms with Crippen LogP contribution in [0, 0.1) is 11.7 Å². The standard InChI is InChI=1S/C27H26F7NO2/c1-15(2)16(3)25(18-4-6-19(7-5-18)26(29,30)31)35-11-10-17(13-24(36)37)12-23(35)21-9-8-20(14-22(21)28)27(32,33)34/h4-9,14,17,23,25H,1,3,10-13H2,2H3,(H,36,37)/t17-,23+,25-/m1/s1. The third kappa shape index (κ3) is 6.60. The Morgan fingerprint density at radius 3 is 2.08 bits per heavy atom. The van der Waals surface area contributed by atoms with E-state index in [0.717, 1.165) is 24.3 Å². The molecular weight excluding hydrogens is 503 g/mol. The summed E-state index contributed by atoms with van der Waals surface area (Å²) >= 11 is 0. The Hall–Kier alpha value is -3.14. The molecule has 2 aromatic rings. The van der Waals surface area contributed by atoms with E-state index < -0.39 is 47.3 Å². The zero-order valence-corrected chi connectivity index (χ0v) is 20.0. The molecule has 0 aromatic heterocycles. The van der Waals surface area contributed by atoms with Crippen molar-refractivity contribution in [2.24, 2.45) is 5.92 Å². The van der Waals surface area contributed by atoms with Crippen molar-refractivity contribution in [2.75, 3.05) is 6.54 Å². The molecule has 1 saturated heterocycles. The molecule has 0 saturated carbocycles. The average Bonchev–Trinajstić information content (AvgIpc) is 2.78. The third-order valence-electron chi connectivity index (χ3n) is 6.67. The first-order chi connectivity index (χ1) is 17.1. The molecule has 1 N–H and O–H groups in total. The summed E-state index contributed by atoms with van der Waals surface area (Å²) in [6.07, 6.45) is -9.02. The van der Waals surface area contributed by atoms with Gasteiger partial charge in [-0.2, -0.15) is 26.3 Å². The highest BCUT2D eigenvalue weighted by Crippen LogP contribution is 2.45. The van der Waals surface area contributed by atoms with Crippen LogP contribution in [0.2, 0.25) is 0 Å². The summed E-state index contributed by atoms with van der Waals surface area (Å²) < 4.78 is 94.0. The Labute approximate surface area is 209 Å². The second kappa shape index (κ2) is 10.7. The lowest BCUT2D eigenvalue weighted by molar-refractivity contribution is -0.139. The van der Waals surface area contributed by atoms with Crippen molar-refractivity contribution in [3.05, 3.63) is 94.8 Å². The second-order valence-corrected chi connectivity index (χ2v) is 9.30. The first-order valence-electron chi connectivity index (χ1n) is 11.5. The number of carbonyl (C=O) groups is 1. The zero-order chi connectivity index (χ0) is 27.7. The van der Waals surface area contributed by atoms with Crippen LogP contribution in [0.3, 0.4) is 0 Å². The fourth-order valence-corrected chi connectivity index (χ4v) is 4.76. The van der Waals surface area contributed by atoms with Gasteiger partial charge in [-0.1, -0.05) is 36.9 Å². The number of piperidine rings is 1. The van der Waals surface area contributed by atoms with E-state index in [0.29, 0.717) is 29.2 Å². The van der Waals surface area contributed by atoms with Gasteiger partial charge in [-0.3, -0.25) is 9.69 Å². The molecule has 2 aromatic carbocycles. The molecule has 10 heteroatoms. The zero-order valence-electron chi connectivity index (χ0n) is 20.0. The number of benzene rings is 2. The predicted molar refractivity (Wildman–Crippen MR) is 124 cm³/mol. The van der Waals surface area contributed by atoms with Gasteiger partial charge in [-0.05, 0) is 67.6 Å². The molecule has 0 aliphatic carbocycles. The van der Waals surface area contributed by atoms with Crippen LogP contribution in [-0.4, -0.2) is 22.5 Å². The summed E-state index contributed by atoms with van der Waals surface area (Å²) in [7, 11) is 0. The van der Waals surface area contributed by atoms with Gasteiger partial charge in [-0.25, -0.2) is 4.39 Å². The SMILES string of the molecule is C=C(C)C(=C)[C@H](c1ccc(C(F)(F)F)cc1)N1CC[C@@H](CC(=O)O)C[C@H]1c1ccc(C(F)(F)F)cc1F. The van der Waals surface area contributed by atoms with E-state index >= 15 is 4.39 Å². The second-order valence-electron chi connectivity index (χ2n) is 9.30. The maximum absolute atomic E-state index is 15.1. The van der Waals surface area contributed by atoms with E-state index in [1.807, 2.05) is 0 Å². The third-order valence-corrected chi connectivity index (χ3v) is 6.67. The number of likely N-dealkylation sites (tertiary alicyclic amines) is 1. The fourth-order valence-electron chi connectivity index (χ4n) is 4.76. The molecule has 0 unspecified atom stereocenters. The van der Waals surface area contributed by atoms with Gasteiger partial charge in [-0.15, -0.1) is 0 Å².